The van der Waals surface area contributed by atoms with Crippen LogP contribution in [0.3, 0.4) is 0 Å². The second-order valence-electron chi connectivity index (χ2n) is 10.3. The number of carbonyl (C=O) groups is 1. The van der Waals surface area contributed by atoms with Gasteiger partial charge in [-0.25, -0.2) is 0 Å². The molecule has 152 valence electrons. The molecule has 0 radical (unpaired) electrons. The summed E-state index contributed by atoms with van der Waals surface area (Å²) < 4.78 is 0. The average Bonchev–Trinajstić information content (AvgIpc) is 3.00. The molecule has 0 atom stereocenters. The standard InChI is InChI=1S/C29H30O/c1-28(2,3)21-15-11-19(12-16-21)25-23-9-7-8-10-24(23)27(30)26(25)20-13-17-22(18-14-20)29(4,5)6/h7-18H,1-6H3. The molecule has 0 saturated heterocycles. The van der Waals surface area contributed by atoms with E-state index in [1.54, 1.807) is 0 Å². The lowest BCUT2D eigenvalue weighted by molar-refractivity contribution is 0.105. The van der Waals surface area contributed by atoms with Gasteiger partial charge in [-0.15, -0.1) is 0 Å². The van der Waals surface area contributed by atoms with Gasteiger partial charge in [0.25, 0.3) is 0 Å². The van der Waals surface area contributed by atoms with Crippen molar-refractivity contribution in [3.8, 4) is 0 Å². The van der Waals surface area contributed by atoms with Crippen LogP contribution in [0.5, 0.6) is 0 Å². The van der Waals surface area contributed by atoms with Crippen LogP contribution < -0.4 is 0 Å². The molecule has 0 aliphatic heterocycles. The van der Waals surface area contributed by atoms with Crippen molar-refractivity contribution in [3.63, 3.8) is 0 Å². The Morgan fingerprint density at radius 3 is 1.33 bits per heavy atom. The Hall–Kier alpha value is -2.93. The van der Waals surface area contributed by atoms with Crippen LogP contribution in [-0.4, -0.2) is 5.78 Å². The van der Waals surface area contributed by atoms with Crippen LogP contribution in [0.4, 0.5) is 0 Å². The summed E-state index contributed by atoms with van der Waals surface area (Å²) in [5, 5.41) is 0. The van der Waals surface area contributed by atoms with Gasteiger partial charge in [0.15, 0.2) is 5.78 Å². The normalized spacial score (nSPS) is 14.3. The lowest BCUT2D eigenvalue weighted by Crippen LogP contribution is -2.11. The van der Waals surface area contributed by atoms with Crippen molar-refractivity contribution < 1.29 is 4.79 Å². The molecule has 1 aliphatic rings. The molecule has 0 fully saturated rings. The summed E-state index contributed by atoms with van der Waals surface area (Å²) in [4.78, 5) is 13.4. The number of benzene rings is 3. The first-order valence-corrected chi connectivity index (χ1v) is 10.7. The summed E-state index contributed by atoms with van der Waals surface area (Å²) in [6.07, 6.45) is 0. The van der Waals surface area contributed by atoms with Gasteiger partial charge in [-0.1, -0.05) is 114 Å². The average molecular weight is 395 g/mol. The summed E-state index contributed by atoms with van der Waals surface area (Å²) in [7, 11) is 0. The highest BCUT2D eigenvalue weighted by atomic mass is 16.1. The monoisotopic (exact) mass is 394 g/mol. The highest BCUT2D eigenvalue weighted by Crippen LogP contribution is 2.42. The summed E-state index contributed by atoms with van der Waals surface area (Å²) in [5.74, 6) is 0.115. The van der Waals surface area contributed by atoms with E-state index in [-0.39, 0.29) is 16.6 Å². The van der Waals surface area contributed by atoms with E-state index in [4.69, 9.17) is 0 Å². The fourth-order valence-corrected chi connectivity index (χ4v) is 4.13. The molecular formula is C29H30O. The summed E-state index contributed by atoms with van der Waals surface area (Å²) in [6, 6.07) is 25.2. The van der Waals surface area contributed by atoms with Crippen LogP contribution >= 0.6 is 0 Å². The molecule has 0 unspecified atom stereocenters. The Balaban J connectivity index is 1.90. The predicted octanol–water partition coefficient (Wildman–Crippen LogP) is 7.44. The largest absolute Gasteiger partial charge is 0.289 e. The van der Waals surface area contributed by atoms with E-state index in [2.05, 4.69) is 96.1 Å². The van der Waals surface area contributed by atoms with Crippen molar-refractivity contribution >= 4 is 16.9 Å². The molecule has 0 aromatic heterocycles. The third kappa shape index (κ3) is 3.54. The third-order valence-electron chi connectivity index (χ3n) is 6.00. The number of allylic oxidation sites excluding steroid dienone is 1. The molecule has 1 aliphatic carbocycles. The van der Waals surface area contributed by atoms with Crippen LogP contribution in [0.25, 0.3) is 11.1 Å². The molecule has 0 heterocycles. The van der Waals surface area contributed by atoms with E-state index in [9.17, 15) is 4.79 Å². The Labute approximate surface area is 180 Å². The van der Waals surface area contributed by atoms with Crippen molar-refractivity contribution in [2.24, 2.45) is 0 Å². The van der Waals surface area contributed by atoms with Crippen molar-refractivity contribution in [2.45, 2.75) is 52.4 Å². The van der Waals surface area contributed by atoms with Crippen molar-refractivity contribution in [1.29, 1.82) is 0 Å². The first kappa shape index (κ1) is 20.3. The molecule has 0 amide bonds. The predicted molar refractivity (Wildman–Crippen MR) is 127 cm³/mol. The number of hydrogen-bond acceptors (Lipinski definition) is 1. The van der Waals surface area contributed by atoms with Gasteiger partial charge in [0.05, 0.1) is 0 Å². The van der Waals surface area contributed by atoms with Crippen LogP contribution in [-0.2, 0) is 10.8 Å². The van der Waals surface area contributed by atoms with E-state index in [1.807, 2.05) is 18.2 Å². The van der Waals surface area contributed by atoms with Crippen molar-refractivity contribution in [3.05, 3.63) is 106 Å². The minimum atomic E-state index is 0.0845. The smallest absolute Gasteiger partial charge is 0.194 e. The molecule has 4 rings (SSSR count). The van der Waals surface area contributed by atoms with Crippen LogP contribution in [0.2, 0.25) is 0 Å². The lowest BCUT2D eigenvalue weighted by Gasteiger charge is -2.20. The molecule has 3 aromatic carbocycles. The van der Waals surface area contributed by atoms with Gasteiger partial charge in [0.2, 0.25) is 0 Å². The second kappa shape index (κ2) is 7.09. The molecule has 0 N–H and O–H groups in total. The summed E-state index contributed by atoms with van der Waals surface area (Å²) >= 11 is 0. The van der Waals surface area contributed by atoms with Gasteiger partial charge in [-0.3, -0.25) is 4.79 Å². The Kier molecular flexibility index (Phi) is 4.81. The zero-order valence-corrected chi connectivity index (χ0v) is 18.8. The summed E-state index contributed by atoms with van der Waals surface area (Å²) in [5.41, 5.74) is 8.49. The Bertz CT molecular complexity index is 1130. The highest BCUT2D eigenvalue weighted by Gasteiger charge is 2.31. The number of fused-ring (bicyclic) bond motifs is 1. The molecule has 0 bridgehead atoms. The van der Waals surface area contributed by atoms with Crippen LogP contribution in [0, 0.1) is 0 Å². The fraction of sp³-hybridized carbons (Fsp3) is 0.276. The maximum absolute atomic E-state index is 13.4. The molecule has 0 spiro atoms. The zero-order valence-electron chi connectivity index (χ0n) is 18.8. The van der Waals surface area contributed by atoms with E-state index in [1.165, 1.54) is 11.1 Å². The van der Waals surface area contributed by atoms with Gasteiger partial charge in [0.1, 0.15) is 0 Å². The fourth-order valence-electron chi connectivity index (χ4n) is 4.13. The number of ketones is 1. The quantitative estimate of drug-likeness (QED) is 0.441. The van der Waals surface area contributed by atoms with Gasteiger partial charge >= 0.3 is 0 Å². The maximum Gasteiger partial charge on any atom is 0.194 e. The third-order valence-corrected chi connectivity index (χ3v) is 6.00. The van der Waals surface area contributed by atoms with Gasteiger partial charge in [-0.2, -0.15) is 0 Å². The van der Waals surface area contributed by atoms with Crippen molar-refractivity contribution in [1.82, 2.24) is 0 Å². The van der Waals surface area contributed by atoms with Gasteiger partial charge in [-0.05, 0) is 38.6 Å². The topological polar surface area (TPSA) is 17.1 Å². The molecule has 1 heteroatoms. The minimum Gasteiger partial charge on any atom is -0.289 e. The second-order valence-corrected chi connectivity index (χ2v) is 10.3. The number of carbonyl (C=O) groups excluding carboxylic acids is 1. The Morgan fingerprint density at radius 2 is 0.900 bits per heavy atom. The Morgan fingerprint density at radius 1 is 0.500 bits per heavy atom. The molecule has 30 heavy (non-hydrogen) atoms. The van der Waals surface area contributed by atoms with E-state index < -0.39 is 0 Å². The number of rotatable bonds is 2. The van der Waals surface area contributed by atoms with Gasteiger partial charge in [0, 0.05) is 16.7 Å². The van der Waals surface area contributed by atoms with E-state index in [0.717, 1.165) is 33.4 Å². The first-order chi connectivity index (χ1) is 14.1. The highest BCUT2D eigenvalue weighted by molar-refractivity contribution is 6.41. The molecule has 3 aromatic rings. The van der Waals surface area contributed by atoms with Crippen LogP contribution in [0.15, 0.2) is 72.8 Å². The molecule has 0 saturated carbocycles. The van der Waals surface area contributed by atoms with E-state index in [0.29, 0.717) is 0 Å². The maximum atomic E-state index is 13.4. The van der Waals surface area contributed by atoms with Gasteiger partial charge < -0.3 is 0 Å². The molecule has 1 nitrogen and oxygen atoms in total. The number of hydrogen-bond donors (Lipinski definition) is 0. The first-order valence-electron chi connectivity index (χ1n) is 10.7. The number of Topliss-reactive ketones (excluding diaryl/α,β-unsaturated/α-hetero) is 1. The van der Waals surface area contributed by atoms with Crippen molar-refractivity contribution in [2.75, 3.05) is 0 Å². The lowest BCUT2D eigenvalue weighted by atomic mass is 9.84. The van der Waals surface area contributed by atoms with E-state index >= 15 is 0 Å². The SMILES string of the molecule is CC(C)(C)c1ccc(C2=C(c3ccc(C(C)(C)C)cc3)c3ccccc3C2=O)cc1. The summed E-state index contributed by atoms with van der Waals surface area (Å²) in [6.45, 7) is 13.3. The minimum absolute atomic E-state index is 0.0845. The zero-order chi connectivity index (χ0) is 21.7. The molecular weight excluding hydrogens is 364 g/mol. The van der Waals surface area contributed by atoms with Crippen LogP contribution in [0.1, 0.15) is 79.7 Å².